The summed E-state index contributed by atoms with van der Waals surface area (Å²) in [6, 6.07) is 12.2. The number of piperidine rings is 1. The molecule has 182 valence electrons. The van der Waals surface area contributed by atoms with Crippen molar-refractivity contribution >= 4 is 23.5 Å². The minimum absolute atomic E-state index is 0.0549. The van der Waals surface area contributed by atoms with E-state index in [1.165, 1.54) is 18.2 Å². The number of amides is 4. The number of halogens is 1. The summed E-state index contributed by atoms with van der Waals surface area (Å²) in [7, 11) is 0. The van der Waals surface area contributed by atoms with Crippen molar-refractivity contribution in [2.24, 2.45) is 5.92 Å². The molecule has 0 saturated carbocycles. The van der Waals surface area contributed by atoms with Crippen molar-refractivity contribution < 1.29 is 18.8 Å². The van der Waals surface area contributed by atoms with Gasteiger partial charge in [0.15, 0.2) is 0 Å². The highest BCUT2D eigenvalue weighted by Gasteiger charge is 2.34. The fourth-order valence-corrected chi connectivity index (χ4v) is 3.97. The van der Waals surface area contributed by atoms with E-state index in [0.717, 1.165) is 17.7 Å². The maximum absolute atomic E-state index is 14.1. The van der Waals surface area contributed by atoms with Crippen molar-refractivity contribution in [3.8, 4) is 0 Å². The summed E-state index contributed by atoms with van der Waals surface area (Å²) in [6.45, 7) is 6.74. The maximum atomic E-state index is 14.1. The fraction of sp³-hybridized carbons (Fsp3) is 0.423. The first-order valence-electron chi connectivity index (χ1n) is 11.8. The number of carbonyl (C=O) groups excluding carboxylic acids is 3. The van der Waals surface area contributed by atoms with E-state index in [4.69, 9.17) is 0 Å². The van der Waals surface area contributed by atoms with Gasteiger partial charge in [0.2, 0.25) is 5.91 Å². The van der Waals surface area contributed by atoms with E-state index in [1.54, 1.807) is 11.0 Å². The Balaban J connectivity index is 1.66. The molecule has 0 aliphatic carbocycles. The van der Waals surface area contributed by atoms with E-state index < -0.39 is 17.8 Å². The molecule has 2 aromatic carbocycles. The lowest BCUT2D eigenvalue weighted by Gasteiger charge is -2.36. The molecule has 3 rings (SSSR count). The van der Waals surface area contributed by atoms with Crippen molar-refractivity contribution in [2.75, 3.05) is 18.4 Å². The number of hydrogen-bond donors (Lipinski definition) is 3. The largest absolute Gasteiger partial charge is 0.352 e. The molecular weight excluding hydrogens is 435 g/mol. The second-order valence-electron chi connectivity index (χ2n) is 8.87. The third kappa shape index (κ3) is 6.56. The van der Waals surface area contributed by atoms with Crippen LogP contribution in [0.3, 0.4) is 0 Å². The lowest BCUT2D eigenvalue weighted by Crippen LogP contribution is -2.55. The molecule has 1 saturated heterocycles. The summed E-state index contributed by atoms with van der Waals surface area (Å²) in [6.07, 6.45) is 1.83. The van der Waals surface area contributed by atoms with E-state index in [-0.39, 0.29) is 29.5 Å². The Kier molecular flexibility index (Phi) is 8.62. The summed E-state index contributed by atoms with van der Waals surface area (Å²) in [5, 5.41) is 8.58. The highest BCUT2D eigenvalue weighted by molar-refractivity contribution is 5.98. The minimum Gasteiger partial charge on any atom is -0.352 e. The number of likely N-dealkylation sites (tertiary alicyclic amines) is 1. The molecule has 2 aromatic rings. The van der Waals surface area contributed by atoms with Gasteiger partial charge >= 0.3 is 6.03 Å². The van der Waals surface area contributed by atoms with Crippen LogP contribution >= 0.6 is 0 Å². The molecule has 4 amide bonds. The minimum atomic E-state index is -0.816. The molecule has 1 aliphatic heterocycles. The molecule has 3 N–H and O–H groups in total. The number of hydrogen-bond acceptors (Lipinski definition) is 3. The number of aryl methyl sites for hydroxylation is 1. The van der Waals surface area contributed by atoms with Crippen LogP contribution in [-0.2, 0) is 4.79 Å². The zero-order valence-electron chi connectivity index (χ0n) is 19.9. The lowest BCUT2D eigenvalue weighted by atomic mass is 9.88. The fourth-order valence-electron chi connectivity index (χ4n) is 3.97. The Bertz CT molecular complexity index is 1000. The van der Waals surface area contributed by atoms with Crippen LogP contribution < -0.4 is 16.0 Å². The molecule has 0 bridgehead atoms. The molecule has 1 aliphatic rings. The lowest BCUT2D eigenvalue weighted by molar-refractivity contribution is -0.125. The Labute approximate surface area is 200 Å². The SMILES string of the molecule is CC[C@@H](C)NC(=O)[C@H](NC(=O)c1ccccc1F)C1CCN(C(=O)Nc2ccc(C)cc2)CC1. The standard InChI is InChI=1S/C26H33FN4O3/c1-4-18(3)28-25(33)23(30-24(32)21-7-5-6-8-22(21)27)19-13-15-31(16-14-19)26(34)29-20-11-9-17(2)10-12-20/h5-12,18-19,23H,4,13-16H2,1-3H3,(H,28,33)(H,29,34)(H,30,32)/t18-,23-/m1/s1. The van der Waals surface area contributed by atoms with E-state index in [9.17, 15) is 18.8 Å². The molecule has 1 fully saturated rings. The number of nitrogens with one attached hydrogen (secondary N) is 3. The van der Waals surface area contributed by atoms with E-state index in [2.05, 4.69) is 16.0 Å². The van der Waals surface area contributed by atoms with E-state index >= 15 is 0 Å². The third-order valence-electron chi connectivity index (χ3n) is 6.29. The Hall–Kier alpha value is -3.42. The van der Waals surface area contributed by atoms with Crippen LogP contribution in [0.5, 0.6) is 0 Å². The monoisotopic (exact) mass is 468 g/mol. The number of urea groups is 1. The van der Waals surface area contributed by atoms with Gasteiger partial charge in [0.05, 0.1) is 5.56 Å². The molecule has 0 radical (unpaired) electrons. The zero-order valence-corrected chi connectivity index (χ0v) is 19.9. The normalized spacial score (nSPS) is 15.8. The van der Waals surface area contributed by atoms with Gasteiger partial charge in [-0.3, -0.25) is 9.59 Å². The van der Waals surface area contributed by atoms with Gasteiger partial charge in [-0.25, -0.2) is 9.18 Å². The molecule has 7 nitrogen and oxygen atoms in total. The van der Waals surface area contributed by atoms with Gasteiger partial charge in [0, 0.05) is 24.8 Å². The van der Waals surface area contributed by atoms with Crippen LogP contribution in [0, 0.1) is 18.7 Å². The highest BCUT2D eigenvalue weighted by Crippen LogP contribution is 2.23. The highest BCUT2D eigenvalue weighted by atomic mass is 19.1. The smallest absolute Gasteiger partial charge is 0.321 e. The van der Waals surface area contributed by atoms with Gasteiger partial charge < -0.3 is 20.9 Å². The molecule has 34 heavy (non-hydrogen) atoms. The first kappa shape index (κ1) is 25.2. The average Bonchev–Trinajstić information content (AvgIpc) is 2.84. The van der Waals surface area contributed by atoms with Gasteiger partial charge in [-0.05, 0) is 63.3 Å². The number of anilines is 1. The predicted octanol–water partition coefficient (Wildman–Crippen LogP) is 4.09. The molecule has 8 heteroatoms. The maximum Gasteiger partial charge on any atom is 0.321 e. The van der Waals surface area contributed by atoms with Crippen LogP contribution in [0.4, 0.5) is 14.9 Å². The quantitative estimate of drug-likeness (QED) is 0.572. The van der Waals surface area contributed by atoms with Crippen LogP contribution in [0.25, 0.3) is 0 Å². The zero-order chi connectivity index (χ0) is 24.7. The summed E-state index contributed by atoms with van der Waals surface area (Å²) < 4.78 is 14.1. The van der Waals surface area contributed by atoms with Crippen molar-refractivity contribution in [1.82, 2.24) is 15.5 Å². The Morgan fingerprint density at radius 3 is 2.29 bits per heavy atom. The van der Waals surface area contributed by atoms with Crippen LogP contribution in [0.1, 0.15) is 49.0 Å². The summed E-state index contributed by atoms with van der Waals surface area (Å²) >= 11 is 0. The molecular formula is C26H33FN4O3. The second kappa shape index (κ2) is 11.6. The van der Waals surface area contributed by atoms with Crippen molar-refractivity contribution in [3.05, 3.63) is 65.5 Å². The van der Waals surface area contributed by atoms with Crippen LogP contribution in [0.2, 0.25) is 0 Å². The molecule has 2 atom stereocenters. The molecule has 0 unspecified atom stereocenters. The van der Waals surface area contributed by atoms with Gasteiger partial charge in [0.1, 0.15) is 11.9 Å². The molecule has 1 heterocycles. The van der Waals surface area contributed by atoms with Gasteiger partial charge in [-0.15, -0.1) is 0 Å². The first-order chi connectivity index (χ1) is 16.3. The van der Waals surface area contributed by atoms with E-state index in [0.29, 0.717) is 25.9 Å². The topological polar surface area (TPSA) is 90.5 Å². The van der Waals surface area contributed by atoms with Crippen molar-refractivity contribution in [3.63, 3.8) is 0 Å². The summed E-state index contributed by atoms with van der Waals surface area (Å²) in [4.78, 5) is 40.2. The van der Waals surface area contributed by atoms with Crippen LogP contribution in [-0.4, -0.2) is 47.9 Å². The van der Waals surface area contributed by atoms with Crippen LogP contribution in [0.15, 0.2) is 48.5 Å². The van der Waals surface area contributed by atoms with Crippen molar-refractivity contribution in [1.29, 1.82) is 0 Å². The number of benzene rings is 2. The van der Waals surface area contributed by atoms with Crippen molar-refractivity contribution in [2.45, 2.75) is 52.1 Å². The molecule has 0 spiro atoms. The first-order valence-corrected chi connectivity index (χ1v) is 11.8. The number of rotatable bonds is 7. The van der Waals surface area contributed by atoms with Gasteiger partial charge in [-0.1, -0.05) is 36.8 Å². The van der Waals surface area contributed by atoms with Gasteiger partial charge in [0.25, 0.3) is 5.91 Å². The second-order valence-corrected chi connectivity index (χ2v) is 8.87. The average molecular weight is 469 g/mol. The Morgan fingerprint density at radius 1 is 1.03 bits per heavy atom. The predicted molar refractivity (Wildman–Crippen MR) is 130 cm³/mol. The summed E-state index contributed by atoms with van der Waals surface area (Å²) in [5.41, 5.74) is 1.73. The Morgan fingerprint density at radius 2 is 1.68 bits per heavy atom. The summed E-state index contributed by atoms with van der Waals surface area (Å²) in [5.74, 6) is -1.73. The third-order valence-corrected chi connectivity index (χ3v) is 6.29. The number of carbonyl (C=O) groups is 3. The number of nitrogens with zero attached hydrogens (tertiary/aromatic N) is 1. The van der Waals surface area contributed by atoms with E-state index in [1.807, 2.05) is 45.0 Å². The van der Waals surface area contributed by atoms with Gasteiger partial charge in [-0.2, -0.15) is 0 Å². The molecule has 0 aromatic heterocycles.